The van der Waals surface area contributed by atoms with E-state index in [4.69, 9.17) is 0 Å². The lowest BCUT2D eigenvalue weighted by molar-refractivity contribution is 0.278. The largest absolute Gasteiger partial charge is 0.316 e. The van der Waals surface area contributed by atoms with Crippen molar-refractivity contribution in [2.24, 2.45) is 5.92 Å². The second kappa shape index (κ2) is 4.83. The lowest BCUT2D eigenvalue weighted by atomic mass is 10.1. The van der Waals surface area contributed by atoms with Crippen LogP contribution in [0.4, 0.5) is 0 Å². The smallest absolute Gasteiger partial charge is 0.0204 e. The van der Waals surface area contributed by atoms with E-state index in [1.807, 2.05) is 0 Å². The number of hydrogen-bond acceptors (Lipinski definition) is 2. The molecule has 1 N–H and O–H groups in total. The molecule has 1 aliphatic heterocycles. The molecule has 1 saturated heterocycles. The van der Waals surface area contributed by atoms with E-state index in [9.17, 15) is 0 Å². The highest BCUT2D eigenvalue weighted by molar-refractivity contribution is 4.80. The SMILES string of the molecule is CCC(C)CN1CCC(NC)C1. The Hall–Kier alpha value is -0.0800. The van der Waals surface area contributed by atoms with E-state index >= 15 is 0 Å². The van der Waals surface area contributed by atoms with E-state index in [2.05, 4.69) is 31.1 Å². The Kier molecular flexibility index (Phi) is 4.02. The Bertz CT molecular complexity index is 125. The van der Waals surface area contributed by atoms with Gasteiger partial charge in [0.2, 0.25) is 0 Å². The maximum Gasteiger partial charge on any atom is 0.0204 e. The highest BCUT2D eigenvalue weighted by Crippen LogP contribution is 2.12. The topological polar surface area (TPSA) is 15.3 Å². The van der Waals surface area contributed by atoms with Crippen LogP contribution >= 0.6 is 0 Å². The van der Waals surface area contributed by atoms with Crippen molar-refractivity contribution in [2.45, 2.75) is 32.7 Å². The molecule has 2 heteroatoms. The van der Waals surface area contributed by atoms with Gasteiger partial charge >= 0.3 is 0 Å². The van der Waals surface area contributed by atoms with Crippen molar-refractivity contribution in [1.82, 2.24) is 10.2 Å². The van der Waals surface area contributed by atoms with E-state index in [0.717, 1.165) is 12.0 Å². The molecule has 0 amide bonds. The summed E-state index contributed by atoms with van der Waals surface area (Å²) in [7, 11) is 2.07. The number of nitrogens with one attached hydrogen (secondary N) is 1. The summed E-state index contributed by atoms with van der Waals surface area (Å²) < 4.78 is 0. The van der Waals surface area contributed by atoms with Gasteiger partial charge in [0.15, 0.2) is 0 Å². The molecule has 1 heterocycles. The molecule has 0 aromatic heterocycles. The van der Waals surface area contributed by atoms with E-state index < -0.39 is 0 Å². The minimum atomic E-state index is 0.744. The lowest BCUT2D eigenvalue weighted by Gasteiger charge is -2.19. The summed E-state index contributed by atoms with van der Waals surface area (Å²) in [5, 5.41) is 3.34. The fourth-order valence-electron chi connectivity index (χ4n) is 1.80. The number of nitrogens with zero attached hydrogens (tertiary/aromatic N) is 1. The van der Waals surface area contributed by atoms with Crippen LogP contribution in [-0.4, -0.2) is 37.6 Å². The van der Waals surface area contributed by atoms with Crippen LogP contribution in [0.2, 0.25) is 0 Å². The van der Waals surface area contributed by atoms with Gasteiger partial charge in [0.25, 0.3) is 0 Å². The minimum absolute atomic E-state index is 0.744. The fraction of sp³-hybridized carbons (Fsp3) is 1.00. The van der Waals surface area contributed by atoms with Crippen molar-refractivity contribution in [3.05, 3.63) is 0 Å². The Labute approximate surface area is 76.3 Å². The third-order valence-corrected chi connectivity index (χ3v) is 2.95. The van der Waals surface area contributed by atoms with Crippen LogP contribution in [0, 0.1) is 5.92 Å². The molecule has 2 atom stereocenters. The van der Waals surface area contributed by atoms with Gasteiger partial charge in [0.05, 0.1) is 0 Å². The van der Waals surface area contributed by atoms with Gasteiger partial charge in [-0.1, -0.05) is 20.3 Å². The van der Waals surface area contributed by atoms with Crippen LogP contribution in [0.15, 0.2) is 0 Å². The third-order valence-electron chi connectivity index (χ3n) is 2.95. The van der Waals surface area contributed by atoms with Gasteiger partial charge in [0.1, 0.15) is 0 Å². The summed E-state index contributed by atoms with van der Waals surface area (Å²) in [4.78, 5) is 2.58. The molecule has 0 saturated carbocycles. The van der Waals surface area contributed by atoms with Crippen LogP contribution in [0.25, 0.3) is 0 Å². The van der Waals surface area contributed by atoms with Crippen LogP contribution < -0.4 is 5.32 Å². The summed E-state index contributed by atoms with van der Waals surface area (Å²) in [6.07, 6.45) is 2.63. The van der Waals surface area contributed by atoms with Gasteiger partial charge in [0, 0.05) is 19.1 Å². The predicted octanol–water partition coefficient (Wildman–Crippen LogP) is 1.33. The molecule has 2 nitrogen and oxygen atoms in total. The molecular weight excluding hydrogens is 148 g/mol. The third kappa shape index (κ3) is 2.76. The second-order valence-corrected chi connectivity index (χ2v) is 4.05. The summed E-state index contributed by atoms with van der Waals surface area (Å²) in [5.41, 5.74) is 0. The maximum atomic E-state index is 3.34. The molecular formula is C10H22N2. The molecule has 1 fully saturated rings. The molecule has 0 bridgehead atoms. The Balaban J connectivity index is 2.18. The molecule has 72 valence electrons. The predicted molar refractivity (Wildman–Crippen MR) is 53.4 cm³/mol. The molecule has 0 aliphatic carbocycles. The molecule has 12 heavy (non-hydrogen) atoms. The highest BCUT2D eigenvalue weighted by atomic mass is 15.2. The van der Waals surface area contributed by atoms with Gasteiger partial charge < -0.3 is 10.2 Å². The molecule has 1 aliphatic rings. The van der Waals surface area contributed by atoms with E-state index in [-0.39, 0.29) is 0 Å². The number of likely N-dealkylation sites (tertiary alicyclic amines) is 1. The monoisotopic (exact) mass is 170 g/mol. The molecule has 0 aromatic rings. The quantitative estimate of drug-likeness (QED) is 0.684. The second-order valence-electron chi connectivity index (χ2n) is 4.05. The van der Waals surface area contributed by atoms with Gasteiger partial charge in [-0.15, -0.1) is 0 Å². The number of rotatable bonds is 4. The van der Waals surface area contributed by atoms with Crippen LogP contribution in [0.1, 0.15) is 26.7 Å². The van der Waals surface area contributed by atoms with Gasteiger partial charge in [-0.2, -0.15) is 0 Å². The first-order valence-electron chi connectivity index (χ1n) is 5.15. The summed E-state index contributed by atoms with van der Waals surface area (Å²) in [6.45, 7) is 8.44. The number of hydrogen-bond donors (Lipinski definition) is 1. The summed E-state index contributed by atoms with van der Waals surface area (Å²) >= 11 is 0. The Morgan fingerprint density at radius 2 is 2.33 bits per heavy atom. The van der Waals surface area contributed by atoms with Gasteiger partial charge in [-0.25, -0.2) is 0 Å². The first-order chi connectivity index (χ1) is 5.76. The first-order valence-corrected chi connectivity index (χ1v) is 5.15. The van der Waals surface area contributed by atoms with E-state index in [1.54, 1.807) is 0 Å². The average molecular weight is 170 g/mol. The minimum Gasteiger partial charge on any atom is -0.316 e. The van der Waals surface area contributed by atoms with Crippen molar-refractivity contribution >= 4 is 0 Å². The zero-order chi connectivity index (χ0) is 8.97. The fourth-order valence-corrected chi connectivity index (χ4v) is 1.80. The van der Waals surface area contributed by atoms with Crippen molar-refractivity contribution in [2.75, 3.05) is 26.7 Å². The van der Waals surface area contributed by atoms with Crippen molar-refractivity contribution in [3.8, 4) is 0 Å². The standard InChI is InChI=1S/C10H22N2/c1-4-9(2)7-12-6-5-10(8-12)11-3/h9-11H,4-8H2,1-3H3. The summed E-state index contributed by atoms with van der Waals surface area (Å²) in [5.74, 6) is 0.862. The first kappa shape index (κ1) is 10.0. The molecule has 2 unspecified atom stereocenters. The number of likely N-dealkylation sites (N-methyl/N-ethyl adjacent to an activating group) is 1. The summed E-state index contributed by atoms with van der Waals surface area (Å²) in [6, 6.07) is 0.744. The molecule has 0 aromatic carbocycles. The van der Waals surface area contributed by atoms with Crippen molar-refractivity contribution < 1.29 is 0 Å². The molecule has 0 spiro atoms. The maximum absolute atomic E-state index is 3.34. The van der Waals surface area contributed by atoms with Crippen molar-refractivity contribution in [1.29, 1.82) is 0 Å². The Morgan fingerprint density at radius 1 is 1.58 bits per heavy atom. The normalized spacial score (nSPS) is 27.8. The van der Waals surface area contributed by atoms with Crippen molar-refractivity contribution in [3.63, 3.8) is 0 Å². The zero-order valence-electron chi connectivity index (χ0n) is 8.64. The molecule has 0 radical (unpaired) electrons. The van der Waals surface area contributed by atoms with E-state index in [0.29, 0.717) is 0 Å². The van der Waals surface area contributed by atoms with Gasteiger partial charge in [-0.3, -0.25) is 0 Å². The highest BCUT2D eigenvalue weighted by Gasteiger charge is 2.21. The zero-order valence-corrected chi connectivity index (χ0v) is 8.64. The van der Waals surface area contributed by atoms with Crippen LogP contribution in [0.3, 0.4) is 0 Å². The lowest BCUT2D eigenvalue weighted by Crippen LogP contribution is -2.31. The molecule has 1 rings (SSSR count). The van der Waals surface area contributed by atoms with E-state index in [1.165, 1.54) is 32.5 Å². The average Bonchev–Trinajstić information content (AvgIpc) is 2.52. The van der Waals surface area contributed by atoms with Crippen LogP contribution in [0.5, 0.6) is 0 Å². The van der Waals surface area contributed by atoms with Gasteiger partial charge in [-0.05, 0) is 25.9 Å². The van der Waals surface area contributed by atoms with Crippen LogP contribution in [-0.2, 0) is 0 Å². The Morgan fingerprint density at radius 3 is 2.83 bits per heavy atom.